The van der Waals surface area contributed by atoms with Crippen LogP contribution in [-0.2, 0) is 0 Å². The molecule has 2 fully saturated rings. The van der Waals surface area contributed by atoms with Crippen molar-refractivity contribution in [2.45, 2.75) is 12.8 Å². The predicted molar refractivity (Wildman–Crippen MR) is 78.7 cm³/mol. The molecule has 1 spiro atoms. The van der Waals surface area contributed by atoms with Crippen LogP contribution in [0.1, 0.15) is 12.8 Å². The first-order valence-corrected chi connectivity index (χ1v) is 7.21. The summed E-state index contributed by atoms with van der Waals surface area (Å²) in [6.07, 6.45) is 2.36. The van der Waals surface area contributed by atoms with Gasteiger partial charge in [0.15, 0.2) is 16.7 Å². The molecule has 0 radical (unpaired) electrons. The molecule has 3 rings (SSSR count). The fourth-order valence-corrected chi connectivity index (χ4v) is 3.20. The summed E-state index contributed by atoms with van der Waals surface area (Å²) < 4.78 is 26.0. The average molecular weight is 297 g/mol. The molecule has 6 heteroatoms. The van der Waals surface area contributed by atoms with Crippen LogP contribution in [0.5, 0.6) is 0 Å². The smallest absolute Gasteiger partial charge is 0.173 e. The lowest BCUT2D eigenvalue weighted by Gasteiger charge is -2.53. The Hall–Kier alpha value is -1.27. The van der Waals surface area contributed by atoms with Gasteiger partial charge < -0.3 is 15.5 Å². The number of hydrogen-bond donors (Lipinski definition) is 2. The highest BCUT2D eigenvalue weighted by molar-refractivity contribution is 7.80. The standard InChI is InChI=1S/C14H17F2N3S/c15-11-2-1-10(7-12(11)16)18-13(20)19-8-14(9-19)3-5-17-6-4-14/h1-2,7,17H,3-6,8-9H2,(H,18,20). The zero-order chi connectivity index (χ0) is 14.2. The Labute approximate surface area is 122 Å². The first kappa shape index (κ1) is 13.7. The summed E-state index contributed by atoms with van der Waals surface area (Å²) in [7, 11) is 0. The molecular weight excluding hydrogens is 280 g/mol. The van der Waals surface area contributed by atoms with Crippen molar-refractivity contribution in [3.05, 3.63) is 29.8 Å². The number of piperidine rings is 1. The molecule has 0 aromatic heterocycles. The summed E-state index contributed by atoms with van der Waals surface area (Å²) in [6, 6.07) is 3.72. The lowest BCUT2D eigenvalue weighted by Crippen LogP contribution is -2.62. The Morgan fingerprint density at radius 1 is 1.20 bits per heavy atom. The van der Waals surface area contributed by atoms with E-state index in [2.05, 4.69) is 15.5 Å². The van der Waals surface area contributed by atoms with Crippen molar-refractivity contribution in [3.63, 3.8) is 0 Å². The molecule has 3 nitrogen and oxygen atoms in total. The van der Waals surface area contributed by atoms with Gasteiger partial charge in [0, 0.05) is 30.3 Å². The summed E-state index contributed by atoms with van der Waals surface area (Å²) >= 11 is 5.32. The van der Waals surface area contributed by atoms with Crippen LogP contribution in [0.4, 0.5) is 14.5 Å². The van der Waals surface area contributed by atoms with Crippen molar-refractivity contribution in [2.75, 3.05) is 31.5 Å². The van der Waals surface area contributed by atoms with Crippen molar-refractivity contribution in [2.24, 2.45) is 5.41 Å². The minimum absolute atomic E-state index is 0.394. The van der Waals surface area contributed by atoms with Gasteiger partial charge in [-0.15, -0.1) is 0 Å². The molecule has 0 saturated carbocycles. The van der Waals surface area contributed by atoms with Crippen LogP contribution in [0, 0.1) is 17.0 Å². The van der Waals surface area contributed by atoms with Crippen molar-refractivity contribution < 1.29 is 8.78 Å². The Kier molecular flexibility index (Phi) is 3.60. The Morgan fingerprint density at radius 2 is 1.90 bits per heavy atom. The topological polar surface area (TPSA) is 27.3 Å². The minimum Gasteiger partial charge on any atom is -0.348 e. The van der Waals surface area contributed by atoms with E-state index in [4.69, 9.17) is 12.2 Å². The quantitative estimate of drug-likeness (QED) is 0.778. The van der Waals surface area contributed by atoms with Crippen LogP contribution in [0.3, 0.4) is 0 Å². The van der Waals surface area contributed by atoms with E-state index in [9.17, 15) is 8.78 Å². The van der Waals surface area contributed by atoms with Crippen LogP contribution >= 0.6 is 12.2 Å². The number of thiocarbonyl (C=S) groups is 1. The molecule has 1 aromatic carbocycles. The van der Waals surface area contributed by atoms with Crippen LogP contribution in [0.15, 0.2) is 18.2 Å². The number of likely N-dealkylation sites (tertiary alicyclic amines) is 1. The molecule has 0 aliphatic carbocycles. The summed E-state index contributed by atoms with van der Waals surface area (Å²) in [4.78, 5) is 2.09. The van der Waals surface area contributed by atoms with Gasteiger partial charge in [-0.05, 0) is 50.3 Å². The maximum absolute atomic E-state index is 13.1. The third-order valence-corrected chi connectivity index (χ3v) is 4.54. The molecule has 2 N–H and O–H groups in total. The first-order valence-electron chi connectivity index (χ1n) is 6.80. The highest BCUT2D eigenvalue weighted by atomic mass is 32.1. The first-order chi connectivity index (χ1) is 9.58. The van der Waals surface area contributed by atoms with E-state index in [1.165, 1.54) is 18.9 Å². The van der Waals surface area contributed by atoms with Crippen LogP contribution in [-0.4, -0.2) is 36.2 Å². The summed E-state index contributed by atoms with van der Waals surface area (Å²) in [5.41, 5.74) is 0.880. The molecule has 2 aliphatic heterocycles. The second kappa shape index (κ2) is 5.26. The lowest BCUT2D eigenvalue weighted by molar-refractivity contribution is 0.0292. The summed E-state index contributed by atoms with van der Waals surface area (Å²) in [5, 5.41) is 6.91. The number of halogens is 2. The van der Waals surface area contributed by atoms with E-state index in [1.807, 2.05) is 0 Å². The zero-order valence-corrected chi connectivity index (χ0v) is 11.9. The van der Waals surface area contributed by atoms with Gasteiger partial charge in [0.1, 0.15) is 0 Å². The number of benzene rings is 1. The molecule has 2 aliphatic rings. The monoisotopic (exact) mass is 297 g/mol. The van der Waals surface area contributed by atoms with E-state index in [1.54, 1.807) is 0 Å². The summed E-state index contributed by atoms with van der Waals surface area (Å²) in [5.74, 6) is -1.71. The molecule has 2 saturated heterocycles. The second-order valence-electron chi connectivity index (χ2n) is 5.67. The van der Waals surface area contributed by atoms with E-state index in [0.29, 0.717) is 16.2 Å². The molecule has 0 bridgehead atoms. The van der Waals surface area contributed by atoms with Gasteiger partial charge in [-0.2, -0.15) is 0 Å². The Balaban J connectivity index is 1.57. The van der Waals surface area contributed by atoms with E-state index < -0.39 is 11.6 Å². The SMILES string of the molecule is Fc1ccc(NC(=S)N2CC3(CCNCC3)C2)cc1F. The van der Waals surface area contributed by atoms with Crippen LogP contribution in [0.25, 0.3) is 0 Å². The Bertz CT molecular complexity index is 521. The molecule has 1 aromatic rings. The Morgan fingerprint density at radius 3 is 2.55 bits per heavy atom. The molecule has 0 amide bonds. The molecule has 108 valence electrons. The van der Waals surface area contributed by atoms with Crippen LogP contribution < -0.4 is 10.6 Å². The normalized spacial score (nSPS) is 20.6. The van der Waals surface area contributed by atoms with Gasteiger partial charge in [0.2, 0.25) is 0 Å². The van der Waals surface area contributed by atoms with Crippen molar-refractivity contribution in [1.29, 1.82) is 0 Å². The van der Waals surface area contributed by atoms with Gasteiger partial charge in [-0.25, -0.2) is 8.78 Å². The second-order valence-corrected chi connectivity index (χ2v) is 6.05. The average Bonchev–Trinajstić information content (AvgIpc) is 2.41. The van der Waals surface area contributed by atoms with E-state index >= 15 is 0 Å². The molecular formula is C14H17F2N3S. The van der Waals surface area contributed by atoms with Crippen molar-refractivity contribution >= 4 is 23.0 Å². The third kappa shape index (κ3) is 2.62. The van der Waals surface area contributed by atoms with Gasteiger partial charge in [-0.3, -0.25) is 0 Å². The molecule has 2 heterocycles. The molecule has 0 unspecified atom stereocenters. The number of anilines is 1. The molecule has 0 atom stereocenters. The third-order valence-electron chi connectivity index (χ3n) is 4.17. The zero-order valence-electron chi connectivity index (χ0n) is 11.1. The van der Waals surface area contributed by atoms with Crippen molar-refractivity contribution in [3.8, 4) is 0 Å². The van der Waals surface area contributed by atoms with Crippen molar-refractivity contribution in [1.82, 2.24) is 10.2 Å². The summed E-state index contributed by atoms with van der Waals surface area (Å²) in [6.45, 7) is 4.03. The lowest BCUT2D eigenvalue weighted by atomic mass is 9.72. The maximum Gasteiger partial charge on any atom is 0.173 e. The highest BCUT2D eigenvalue weighted by Gasteiger charge is 2.44. The van der Waals surface area contributed by atoms with Gasteiger partial charge in [-0.1, -0.05) is 0 Å². The number of nitrogens with zero attached hydrogens (tertiary/aromatic N) is 1. The molecule has 20 heavy (non-hydrogen) atoms. The largest absolute Gasteiger partial charge is 0.348 e. The minimum atomic E-state index is -0.865. The van der Waals surface area contributed by atoms with E-state index in [0.717, 1.165) is 38.3 Å². The number of hydrogen-bond acceptors (Lipinski definition) is 2. The maximum atomic E-state index is 13.1. The fraction of sp³-hybridized carbons (Fsp3) is 0.500. The number of nitrogens with one attached hydrogen (secondary N) is 2. The van der Waals surface area contributed by atoms with Gasteiger partial charge in [0.25, 0.3) is 0 Å². The van der Waals surface area contributed by atoms with Gasteiger partial charge >= 0.3 is 0 Å². The number of rotatable bonds is 1. The predicted octanol–water partition coefficient (Wildman–Crippen LogP) is 2.35. The fourth-order valence-electron chi connectivity index (χ4n) is 2.96. The highest BCUT2D eigenvalue weighted by Crippen LogP contribution is 2.38. The van der Waals surface area contributed by atoms with Gasteiger partial charge in [0.05, 0.1) is 0 Å². The van der Waals surface area contributed by atoms with E-state index in [-0.39, 0.29) is 0 Å². The van der Waals surface area contributed by atoms with Crippen LogP contribution in [0.2, 0.25) is 0 Å².